The summed E-state index contributed by atoms with van der Waals surface area (Å²) < 4.78 is 5.20. The number of nitrogens with one attached hydrogen (secondary N) is 1. The number of methoxy groups -OCH3 is 1. The van der Waals surface area contributed by atoms with Crippen LogP contribution >= 0.6 is 0 Å². The third kappa shape index (κ3) is 5.88. The topological polar surface area (TPSA) is 61.9 Å². The van der Waals surface area contributed by atoms with Crippen molar-refractivity contribution in [1.29, 1.82) is 0 Å². The second-order valence-corrected chi connectivity index (χ2v) is 8.71. The van der Waals surface area contributed by atoms with Gasteiger partial charge >= 0.3 is 0 Å². The fourth-order valence-corrected chi connectivity index (χ4v) is 4.32. The number of carbonyl (C=O) groups excluding carboxylic acids is 2. The standard InChI is InChI=1S/C26H33N3O3/c1-32-23-13-8-20(9-14-23)10-15-24(30)28-16-5-17-29(19-18-28)25(21-6-3-2-4-7-21)26(31)27-22-11-12-22/h2-4,6-9,13-14,22,25H,5,10-12,15-19H2,1H3,(H,27,31). The minimum Gasteiger partial charge on any atom is -0.497 e. The summed E-state index contributed by atoms with van der Waals surface area (Å²) in [5.74, 6) is 1.09. The van der Waals surface area contributed by atoms with Gasteiger partial charge in [0, 0.05) is 38.6 Å². The SMILES string of the molecule is COc1ccc(CCC(=O)N2CCCN(C(C(=O)NC3CC3)c3ccccc3)CC2)cc1. The Balaban J connectivity index is 1.35. The van der Waals surface area contributed by atoms with Crippen molar-refractivity contribution in [3.63, 3.8) is 0 Å². The lowest BCUT2D eigenvalue weighted by Crippen LogP contribution is -2.43. The summed E-state index contributed by atoms with van der Waals surface area (Å²) in [7, 11) is 1.65. The molecule has 1 aliphatic heterocycles. The minimum absolute atomic E-state index is 0.0815. The van der Waals surface area contributed by atoms with Crippen LogP contribution in [0.4, 0.5) is 0 Å². The number of ether oxygens (including phenoxy) is 1. The van der Waals surface area contributed by atoms with E-state index in [4.69, 9.17) is 4.74 Å². The van der Waals surface area contributed by atoms with Crippen LogP contribution in [0.3, 0.4) is 0 Å². The Bertz CT molecular complexity index is 896. The average molecular weight is 436 g/mol. The molecule has 2 fully saturated rings. The first-order valence-corrected chi connectivity index (χ1v) is 11.6. The van der Waals surface area contributed by atoms with Crippen molar-refractivity contribution in [2.24, 2.45) is 0 Å². The zero-order valence-electron chi connectivity index (χ0n) is 18.8. The van der Waals surface area contributed by atoms with Crippen LogP contribution in [0.25, 0.3) is 0 Å². The van der Waals surface area contributed by atoms with Gasteiger partial charge < -0.3 is 15.0 Å². The highest BCUT2D eigenvalue weighted by Gasteiger charge is 2.33. The third-order valence-corrected chi connectivity index (χ3v) is 6.32. The molecule has 2 aliphatic rings. The molecule has 6 heteroatoms. The lowest BCUT2D eigenvalue weighted by atomic mass is 10.0. The van der Waals surface area contributed by atoms with E-state index in [1.807, 2.05) is 59.5 Å². The second-order valence-electron chi connectivity index (χ2n) is 8.71. The minimum atomic E-state index is -0.300. The fourth-order valence-electron chi connectivity index (χ4n) is 4.32. The summed E-state index contributed by atoms with van der Waals surface area (Å²) in [5, 5.41) is 3.18. The zero-order valence-corrected chi connectivity index (χ0v) is 18.8. The number of hydrogen-bond donors (Lipinski definition) is 1. The van der Waals surface area contributed by atoms with Crippen LogP contribution < -0.4 is 10.1 Å². The Hall–Kier alpha value is -2.86. The van der Waals surface area contributed by atoms with Crippen molar-refractivity contribution in [2.45, 2.75) is 44.2 Å². The van der Waals surface area contributed by atoms with Crippen LogP contribution in [0.15, 0.2) is 54.6 Å². The predicted molar refractivity (Wildman–Crippen MR) is 124 cm³/mol. The van der Waals surface area contributed by atoms with Crippen molar-refractivity contribution in [3.05, 3.63) is 65.7 Å². The van der Waals surface area contributed by atoms with Gasteiger partial charge in [-0.05, 0) is 48.9 Å². The average Bonchev–Trinajstić information content (AvgIpc) is 3.66. The highest BCUT2D eigenvalue weighted by Crippen LogP contribution is 2.26. The van der Waals surface area contributed by atoms with Gasteiger partial charge in [0.25, 0.3) is 0 Å². The van der Waals surface area contributed by atoms with E-state index >= 15 is 0 Å². The van der Waals surface area contributed by atoms with Crippen LogP contribution in [0.1, 0.15) is 42.9 Å². The summed E-state index contributed by atoms with van der Waals surface area (Å²) in [5.41, 5.74) is 2.15. The summed E-state index contributed by atoms with van der Waals surface area (Å²) >= 11 is 0. The number of aryl methyl sites for hydroxylation is 1. The third-order valence-electron chi connectivity index (χ3n) is 6.32. The molecule has 1 heterocycles. The van der Waals surface area contributed by atoms with Gasteiger partial charge in [0.15, 0.2) is 0 Å². The molecular weight excluding hydrogens is 402 g/mol. The van der Waals surface area contributed by atoms with Gasteiger partial charge in [0.2, 0.25) is 11.8 Å². The van der Waals surface area contributed by atoms with Crippen molar-refractivity contribution in [3.8, 4) is 5.75 Å². The molecule has 6 nitrogen and oxygen atoms in total. The lowest BCUT2D eigenvalue weighted by Gasteiger charge is -2.30. The molecule has 170 valence electrons. The maximum absolute atomic E-state index is 13.1. The molecule has 1 saturated carbocycles. The van der Waals surface area contributed by atoms with Gasteiger partial charge in [-0.3, -0.25) is 14.5 Å². The van der Waals surface area contributed by atoms with Crippen LogP contribution in [-0.2, 0) is 16.0 Å². The summed E-state index contributed by atoms with van der Waals surface area (Å²) in [6.07, 6.45) is 4.23. The summed E-state index contributed by atoms with van der Waals surface area (Å²) in [4.78, 5) is 30.2. The van der Waals surface area contributed by atoms with E-state index in [0.717, 1.165) is 55.6 Å². The van der Waals surface area contributed by atoms with E-state index in [9.17, 15) is 9.59 Å². The van der Waals surface area contributed by atoms with E-state index < -0.39 is 0 Å². The Morgan fingerprint density at radius 1 is 1.00 bits per heavy atom. The molecule has 0 radical (unpaired) electrons. The van der Waals surface area contributed by atoms with Gasteiger partial charge in [-0.2, -0.15) is 0 Å². The maximum Gasteiger partial charge on any atom is 0.242 e. The Morgan fingerprint density at radius 2 is 1.75 bits per heavy atom. The van der Waals surface area contributed by atoms with Crippen molar-refractivity contribution in [1.82, 2.24) is 15.1 Å². The van der Waals surface area contributed by atoms with E-state index in [1.165, 1.54) is 0 Å². The van der Waals surface area contributed by atoms with Gasteiger partial charge in [0.1, 0.15) is 11.8 Å². The monoisotopic (exact) mass is 435 g/mol. The molecule has 2 aromatic carbocycles. The van der Waals surface area contributed by atoms with Crippen molar-refractivity contribution in [2.75, 3.05) is 33.3 Å². The van der Waals surface area contributed by atoms with E-state index in [1.54, 1.807) is 7.11 Å². The van der Waals surface area contributed by atoms with Gasteiger partial charge in [0.05, 0.1) is 7.11 Å². The summed E-state index contributed by atoms with van der Waals surface area (Å²) in [6, 6.07) is 17.9. The number of benzene rings is 2. The number of nitrogens with zero attached hydrogens (tertiary/aromatic N) is 2. The Kier molecular flexibility index (Phi) is 7.43. The Morgan fingerprint density at radius 3 is 2.44 bits per heavy atom. The molecule has 1 saturated heterocycles. The molecule has 1 unspecified atom stereocenters. The number of amides is 2. The fraction of sp³-hybridized carbons (Fsp3) is 0.462. The van der Waals surface area contributed by atoms with Crippen molar-refractivity contribution >= 4 is 11.8 Å². The summed E-state index contributed by atoms with van der Waals surface area (Å²) in [6.45, 7) is 2.90. The molecule has 1 atom stereocenters. The second kappa shape index (κ2) is 10.6. The Labute approximate surface area is 190 Å². The molecule has 2 aromatic rings. The van der Waals surface area contributed by atoms with Crippen molar-refractivity contribution < 1.29 is 14.3 Å². The van der Waals surface area contributed by atoms with Gasteiger partial charge in [-0.25, -0.2) is 0 Å². The predicted octanol–water partition coefficient (Wildman–Crippen LogP) is 3.18. The maximum atomic E-state index is 13.1. The number of rotatable bonds is 8. The first kappa shape index (κ1) is 22.3. The molecule has 32 heavy (non-hydrogen) atoms. The molecule has 4 rings (SSSR count). The first-order chi connectivity index (χ1) is 15.6. The number of carbonyl (C=O) groups is 2. The van der Waals surface area contributed by atoms with Crippen LogP contribution in [0.2, 0.25) is 0 Å². The van der Waals surface area contributed by atoms with Gasteiger partial charge in [-0.15, -0.1) is 0 Å². The molecule has 0 spiro atoms. The lowest BCUT2D eigenvalue weighted by molar-refractivity contribution is -0.131. The smallest absolute Gasteiger partial charge is 0.242 e. The highest BCUT2D eigenvalue weighted by atomic mass is 16.5. The number of hydrogen-bond acceptors (Lipinski definition) is 4. The van der Waals surface area contributed by atoms with E-state index in [2.05, 4.69) is 10.2 Å². The molecule has 1 aliphatic carbocycles. The highest BCUT2D eigenvalue weighted by molar-refractivity contribution is 5.83. The molecule has 1 N–H and O–H groups in total. The molecule has 0 bridgehead atoms. The van der Waals surface area contributed by atoms with E-state index in [-0.39, 0.29) is 17.9 Å². The normalized spacial score (nSPS) is 18.0. The van der Waals surface area contributed by atoms with Gasteiger partial charge in [-0.1, -0.05) is 42.5 Å². The quantitative estimate of drug-likeness (QED) is 0.692. The van der Waals surface area contributed by atoms with Crippen LogP contribution in [-0.4, -0.2) is 60.9 Å². The van der Waals surface area contributed by atoms with E-state index in [0.29, 0.717) is 25.6 Å². The van der Waals surface area contributed by atoms with Crippen LogP contribution in [0.5, 0.6) is 5.75 Å². The van der Waals surface area contributed by atoms with Crippen LogP contribution in [0, 0.1) is 0 Å². The zero-order chi connectivity index (χ0) is 22.3. The molecule has 2 amide bonds. The largest absolute Gasteiger partial charge is 0.497 e. The molecular formula is C26H33N3O3. The molecule has 0 aromatic heterocycles. The first-order valence-electron chi connectivity index (χ1n) is 11.6.